The highest BCUT2D eigenvalue weighted by Gasteiger charge is 2.23. The third-order valence-corrected chi connectivity index (χ3v) is 4.12. The van der Waals surface area contributed by atoms with E-state index in [2.05, 4.69) is 29.6 Å². The van der Waals surface area contributed by atoms with Crippen molar-refractivity contribution in [2.45, 2.75) is 32.7 Å². The SMILES string of the molecule is CC(C)COc1cn(-c2ccccc2)nc1C(=O)N[C@H]1CCCNC1. The van der Waals surface area contributed by atoms with E-state index in [1.807, 2.05) is 30.3 Å². The second kappa shape index (κ2) is 8.16. The van der Waals surface area contributed by atoms with Crippen LogP contribution in [0.2, 0.25) is 0 Å². The maximum absolute atomic E-state index is 12.7. The quantitative estimate of drug-likeness (QED) is 0.846. The van der Waals surface area contributed by atoms with Crippen LogP contribution in [0, 0.1) is 5.92 Å². The molecule has 6 nitrogen and oxygen atoms in total. The third-order valence-electron chi connectivity index (χ3n) is 4.12. The fraction of sp³-hybridized carbons (Fsp3) is 0.474. The van der Waals surface area contributed by atoms with E-state index in [4.69, 9.17) is 4.74 Å². The van der Waals surface area contributed by atoms with Gasteiger partial charge in [-0.2, -0.15) is 5.10 Å². The first-order valence-electron chi connectivity index (χ1n) is 8.93. The Morgan fingerprint density at radius 3 is 2.88 bits per heavy atom. The van der Waals surface area contributed by atoms with Gasteiger partial charge in [-0.15, -0.1) is 0 Å². The average Bonchev–Trinajstić information content (AvgIpc) is 3.06. The van der Waals surface area contributed by atoms with E-state index in [9.17, 15) is 4.79 Å². The Morgan fingerprint density at radius 1 is 1.40 bits per heavy atom. The minimum absolute atomic E-state index is 0.140. The second-order valence-corrected chi connectivity index (χ2v) is 6.84. The third kappa shape index (κ3) is 4.60. The van der Waals surface area contributed by atoms with Crippen molar-refractivity contribution in [1.82, 2.24) is 20.4 Å². The maximum atomic E-state index is 12.7. The minimum atomic E-state index is -0.179. The van der Waals surface area contributed by atoms with Crippen molar-refractivity contribution in [3.63, 3.8) is 0 Å². The van der Waals surface area contributed by atoms with Crippen LogP contribution in [0.5, 0.6) is 5.75 Å². The summed E-state index contributed by atoms with van der Waals surface area (Å²) in [5, 5.41) is 10.9. The number of hydrogen-bond acceptors (Lipinski definition) is 4. The van der Waals surface area contributed by atoms with Gasteiger partial charge in [0, 0.05) is 12.6 Å². The lowest BCUT2D eigenvalue weighted by molar-refractivity contribution is 0.0920. The molecule has 0 unspecified atom stereocenters. The number of carbonyl (C=O) groups excluding carboxylic acids is 1. The molecule has 6 heteroatoms. The fourth-order valence-corrected chi connectivity index (χ4v) is 2.82. The van der Waals surface area contributed by atoms with Crippen molar-refractivity contribution in [2.75, 3.05) is 19.7 Å². The fourth-order valence-electron chi connectivity index (χ4n) is 2.82. The first kappa shape index (κ1) is 17.5. The lowest BCUT2D eigenvalue weighted by Crippen LogP contribution is -2.45. The molecule has 2 heterocycles. The Labute approximate surface area is 148 Å². The standard InChI is InChI=1S/C19H26N4O2/c1-14(2)13-25-17-12-23(16-8-4-3-5-9-16)22-18(17)19(24)21-15-7-6-10-20-11-15/h3-5,8-9,12,14-15,20H,6-7,10-11,13H2,1-2H3,(H,21,24)/t15-/m0/s1. The highest BCUT2D eigenvalue weighted by atomic mass is 16.5. The number of nitrogens with one attached hydrogen (secondary N) is 2. The molecule has 2 N–H and O–H groups in total. The molecule has 2 aromatic rings. The summed E-state index contributed by atoms with van der Waals surface area (Å²) in [6.07, 6.45) is 3.84. The smallest absolute Gasteiger partial charge is 0.275 e. The number of nitrogens with zero attached hydrogens (tertiary/aromatic N) is 2. The van der Waals surface area contributed by atoms with Gasteiger partial charge in [0.15, 0.2) is 11.4 Å². The number of ether oxygens (including phenoxy) is 1. The summed E-state index contributed by atoms with van der Waals surface area (Å²) in [7, 11) is 0. The predicted octanol–water partition coefficient (Wildman–Crippen LogP) is 2.39. The predicted molar refractivity (Wildman–Crippen MR) is 97.3 cm³/mol. The Hall–Kier alpha value is -2.34. The molecule has 0 saturated carbocycles. The van der Waals surface area contributed by atoms with Crippen molar-refractivity contribution in [1.29, 1.82) is 0 Å². The van der Waals surface area contributed by atoms with E-state index >= 15 is 0 Å². The first-order valence-corrected chi connectivity index (χ1v) is 8.93. The van der Waals surface area contributed by atoms with E-state index in [0.29, 0.717) is 24.0 Å². The molecule has 25 heavy (non-hydrogen) atoms. The summed E-state index contributed by atoms with van der Waals surface area (Å²) in [5.41, 5.74) is 1.24. The Morgan fingerprint density at radius 2 is 2.20 bits per heavy atom. The zero-order chi connectivity index (χ0) is 17.6. The summed E-state index contributed by atoms with van der Waals surface area (Å²) in [6, 6.07) is 9.88. The van der Waals surface area contributed by atoms with Gasteiger partial charge in [0.05, 0.1) is 18.5 Å². The summed E-state index contributed by atoms with van der Waals surface area (Å²) < 4.78 is 7.55. The van der Waals surface area contributed by atoms with Crippen LogP contribution in [0.1, 0.15) is 37.2 Å². The number of hydrogen-bond donors (Lipinski definition) is 2. The molecule has 0 radical (unpaired) electrons. The van der Waals surface area contributed by atoms with E-state index in [-0.39, 0.29) is 11.9 Å². The van der Waals surface area contributed by atoms with E-state index in [1.165, 1.54) is 0 Å². The number of piperidine rings is 1. The van der Waals surface area contributed by atoms with Gasteiger partial charge in [-0.05, 0) is 37.4 Å². The van der Waals surface area contributed by atoms with Crippen LogP contribution in [0.15, 0.2) is 36.5 Å². The van der Waals surface area contributed by atoms with Crippen LogP contribution in [0.3, 0.4) is 0 Å². The molecule has 0 spiro atoms. The average molecular weight is 342 g/mol. The van der Waals surface area contributed by atoms with Gasteiger partial charge in [0.25, 0.3) is 5.91 Å². The highest BCUT2D eigenvalue weighted by molar-refractivity contribution is 5.95. The highest BCUT2D eigenvalue weighted by Crippen LogP contribution is 2.21. The van der Waals surface area contributed by atoms with Gasteiger partial charge in [0.2, 0.25) is 0 Å². The van der Waals surface area contributed by atoms with Gasteiger partial charge in [-0.1, -0.05) is 32.0 Å². The molecule has 1 atom stereocenters. The van der Waals surface area contributed by atoms with Crippen molar-refractivity contribution in [3.8, 4) is 11.4 Å². The zero-order valence-electron chi connectivity index (χ0n) is 14.9. The van der Waals surface area contributed by atoms with E-state index in [1.54, 1.807) is 10.9 Å². The summed E-state index contributed by atoms with van der Waals surface area (Å²) in [6.45, 7) is 6.51. The molecular formula is C19H26N4O2. The molecule has 134 valence electrons. The van der Waals surface area contributed by atoms with Gasteiger partial charge in [-0.25, -0.2) is 4.68 Å². The Balaban J connectivity index is 1.81. The summed E-state index contributed by atoms with van der Waals surface area (Å²) >= 11 is 0. The summed E-state index contributed by atoms with van der Waals surface area (Å²) in [5.74, 6) is 0.722. The molecule has 0 aliphatic carbocycles. The van der Waals surface area contributed by atoms with E-state index in [0.717, 1.165) is 31.6 Å². The molecule has 1 aromatic carbocycles. The van der Waals surface area contributed by atoms with Crippen LogP contribution in [0.4, 0.5) is 0 Å². The van der Waals surface area contributed by atoms with Gasteiger partial charge in [-0.3, -0.25) is 4.79 Å². The van der Waals surface area contributed by atoms with Gasteiger partial charge < -0.3 is 15.4 Å². The normalized spacial score (nSPS) is 17.5. The lowest BCUT2D eigenvalue weighted by Gasteiger charge is -2.23. The van der Waals surface area contributed by atoms with Crippen molar-refractivity contribution in [2.24, 2.45) is 5.92 Å². The number of aromatic nitrogens is 2. The largest absolute Gasteiger partial charge is 0.489 e. The molecule has 1 aromatic heterocycles. The first-order chi connectivity index (χ1) is 12.1. The zero-order valence-corrected chi connectivity index (χ0v) is 14.9. The molecule has 0 bridgehead atoms. The molecule has 1 saturated heterocycles. The Kier molecular flexibility index (Phi) is 5.71. The van der Waals surface area contributed by atoms with Crippen LogP contribution < -0.4 is 15.4 Å². The van der Waals surface area contributed by atoms with Gasteiger partial charge in [0.1, 0.15) is 0 Å². The lowest BCUT2D eigenvalue weighted by atomic mass is 10.1. The van der Waals surface area contributed by atoms with Crippen molar-refractivity contribution < 1.29 is 9.53 Å². The maximum Gasteiger partial charge on any atom is 0.275 e. The molecule has 3 rings (SSSR count). The monoisotopic (exact) mass is 342 g/mol. The number of benzene rings is 1. The molecular weight excluding hydrogens is 316 g/mol. The van der Waals surface area contributed by atoms with E-state index < -0.39 is 0 Å². The summed E-state index contributed by atoms with van der Waals surface area (Å²) in [4.78, 5) is 12.7. The van der Waals surface area contributed by atoms with Crippen LogP contribution in [-0.2, 0) is 0 Å². The van der Waals surface area contributed by atoms with Crippen LogP contribution in [0.25, 0.3) is 5.69 Å². The number of para-hydroxylation sites is 1. The van der Waals surface area contributed by atoms with Crippen molar-refractivity contribution >= 4 is 5.91 Å². The second-order valence-electron chi connectivity index (χ2n) is 6.84. The topological polar surface area (TPSA) is 68.2 Å². The molecule has 1 aliphatic rings. The van der Waals surface area contributed by atoms with Crippen LogP contribution in [-0.4, -0.2) is 41.4 Å². The number of amides is 1. The molecule has 1 aliphatic heterocycles. The van der Waals surface area contributed by atoms with Crippen molar-refractivity contribution in [3.05, 3.63) is 42.2 Å². The minimum Gasteiger partial charge on any atom is -0.489 e. The Bertz CT molecular complexity index is 691. The molecule has 1 fully saturated rings. The number of carbonyl (C=O) groups is 1. The van der Waals surface area contributed by atoms with Crippen LogP contribution >= 0.6 is 0 Å². The number of rotatable bonds is 6. The molecule has 1 amide bonds. The van der Waals surface area contributed by atoms with Gasteiger partial charge >= 0.3 is 0 Å².